The van der Waals surface area contributed by atoms with E-state index in [1.54, 1.807) is 11.7 Å². The van der Waals surface area contributed by atoms with E-state index in [2.05, 4.69) is 4.90 Å². The number of piperidine rings is 1. The molecule has 1 aliphatic heterocycles. The number of halogens is 1. The van der Waals surface area contributed by atoms with E-state index in [4.69, 9.17) is 21.1 Å². The molecule has 30 heavy (non-hydrogen) atoms. The summed E-state index contributed by atoms with van der Waals surface area (Å²) in [5.74, 6) is 1.52. The van der Waals surface area contributed by atoms with E-state index >= 15 is 0 Å². The molecule has 4 rings (SSSR count). The second kappa shape index (κ2) is 9.45. The van der Waals surface area contributed by atoms with Crippen molar-refractivity contribution < 1.29 is 14.6 Å². The van der Waals surface area contributed by atoms with Crippen LogP contribution in [0.5, 0.6) is 17.4 Å². The molecule has 0 bridgehead atoms. The van der Waals surface area contributed by atoms with Crippen LogP contribution in [0.4, 0.5) is 0 Å². The number of rotatable bonds is 7. The first-order chi connectivity index (χ1) is 14.7. The van der Waals surface area contributed by atoms with Crippen molar-refractivity contribution in [2.24, 2.45) is 0 Å². The molecule has 0 atom stereocenters. The van der Waals surface area contributed by atoms with Crippen LogP contribution in [0.3, 0.4) is 0 Å². The van der Waals surface area contributed by atoms with Crippen LogP contribution in [0.2, 0.25) is 5.02 Å². The SMILES string of the molecule is COc1ccc(-n2ccc(-c3ccc(Cl)cc3)c2O)cc1OCCN1CCCCC1. The van der Waals surface area contributed by atoms with Gasteiger partial charge < -0.3 is 14.6 Å². The number of methoxy groups -OCH3 is 1. The quantitative estimate of drug-likeness (QED) is 0.551. The number of likely N-dealkylation sites (tertiary alicyclic amines) is 1. The fraction of sp³-hybridized carbons (Fsp3) is 0.333. The van der Waals surface area contributed by atoms with Crippen molar-refractivity contribution in [1.29, 1.82) is 0 Å². The number of hydrogen-bond acceptors (Lipinski definition) is 4. The first kappa shape index (κ1) is 20.6. The van der Waals surface area contributed by atoms with Crippen molar-refractivity contribution >= 4 is 11.6 Å². The van der Waals surface area contributed by atoms with Gasteiger partial charge in [-0.15, -0.1) is 0 Å². The van der Waals surface area contributed by atoms with Crippen molar-refractivity contribution in [3.05, 3.63) is 59.8 Å². The summed E-state index contributed by atoms with van der Waals surface area (Å²) >= 11 is 5.98. The third-order valence-corrected chi connectivity index (χ3v) is 5.81. The van der Waals surface area contributed by atoms with Crippen molar-refractivity contribution in [3.63, 3.8) is 0 Å². The lowest BCUT2D eigenvalue weighted by atomic mass is 10.1. The summed E-state index contributed by atoms with van der Waals surface area (Å²) in [5, 5.41) is 11.5. The second-order valence-corrected chi connectivity index (χ2v) is 7.95. The smallest absolute Gasteiger partial charge is 0.203 e. The van der Waals surface area contributed by atoms with Crippen molar-refractivity contribution in [2.45, 2.75) is 19.3 Å². The molecule has 1 aliphatic rings. The molecule has 158 valence electrons. The summed E-state index contributed by atoms with van der Waals surface area (Å²) in [6.45, 7) is 3.80. The maximum Gasteiger partial charge on any atom is 0.203 e. The molecule has 1 N–H and O–H groups in total. The van der Waals surface area contributed by atoms with Crippen molar-refractivity contribution in [3.8, 4) is 34.2 Å². The summed E-state index contributed by atoms with van der Waals surface area (Å²) in [6.07, 6.45) is 5.70. The van der Waals surface area contributed by atoms with Gasteiger partial charge in [-0.05, 0) is 61.8 Å². The van der Waals surface area contributed by atoms with Crippen LogP contribution in [-0.2, 0) is 0 Å². The van der Waals surface area contributed by atoms with Gasteiger partial charge in [-0.1, -0.05) is 30.2 Å². The molecule has 2 heterocycles. The Bertz CT molecular complexity index is 979. The Labute approximate surface area is 182 Å². The van der Waals surface area contributed by atoms with Crippen LogP contribution in [0.15, 0.2) is 54.7 Å². The normalized spacial score (nSPS) is 14.6. The van der Waals surface area contributed by atoms with Gasteiger partial charge in [-0.3, -0.25) is 9.47 Å². The van der Waals surface area contributed by atoms with Crippen LogP contribution in [0.25, 0.3) is 16.8 Å². The molecule has 0 spiro atoms. The third kappa shape index (κ3) is 4.58. The lowest BCUT2D eigenvalue weighted by molar-refractivity contribution is 0.180. The fourth-order valence-corrected chi connectivity index (χ4v) is 4.01. The van der Waals surface area contributed by atoms with E-state index in [1.807, 2.05) is 54.7 Å². The number of aromatic nitrogens is 1. The van der Waals surface area contributed by atoms with Crippen molar-refractivity contribution in [1.82, 2.24) is 9.47 Å². The first-order valence-electron chi connectivity index (χ1n) is 10.4. The maximum atomic E-state index is 10.8. The number of aromatic hydroxyl groups is 1. The highest BCUT2D eigenvalue weighted by atomic mass is 35.5. The van der Waals surface area contributed by atoms with Gasteiger partial charge in [0.1, 0.15) is 6.61 Å². The highest BCUT2D eigenvalue weighted by molar-refractivity contribution is 6.30. The Morgan fingerprint density at radius 2 is 1.73 bits per heavy atom. The summed E-state index contributed by atoms with van der Waals surface area (Å²) in [4.78, 5) is 2.44. The van der Waals surface area contributed by atoms with Crippen LogP contribution in [-0.4, -0.2) is 47.9 Å². The number of nitrogens with zero attached hydrogens (tertiary/aromatic N) is 2. The summed E-state index contributed by atoms with van der Waals surface area (Å²) < 4.78 is 13.3. The predicted octanol–water partition coefficient (Wildman–Crippen LogP) is 5.38. The standard InChI is InChI=1S/C24H27ClN2O3/c1-29-22-10-9-20(17-23(22)30-16-15-26-12-3-2-4-13-26)27-14-11-21(24(27)28)18-5-7-19(25)8-6-18/h5-11,14,17,28H,2-4,12-13,15-16H2,1H3. The van der Waals surface area contributed by atoms with Crippen LogP contribution in [0, 0.1) is 0 Å². The summed E-state index contributed by atoms with van der Waals surface area (Å²) in [5.41, 5.74) is 2.46. The molecule has 1 fully saturated rings. The minimum atomic E-state index is 0.168. The van der Waals surface area contributed by atoms with E-state index in [1.165, 1.54) is 19.3 Å². The molecule has 1 aromatic heterocycles. The molecule has 3 aromatic rings. The van der Waals surface area contributed by atoms with Crippen LogP contribution >= 0.6 is 11.6 Å². The van der Waals surface area contributed by atoms with Gasteiger partial charge in [0.15, 0.2) is 11.5 Å². The Hall–Kier alpha value is -2.63. The largest absolute Gasteiger partial charge is 0.494 e. The van der Waals surface area contributed by atoms with E-state index in [0.29, 0.717) is 23.1 Å². The number of benzene rings is 2. The maximum absolute atomic E-state index is 10.8. The van der Waals surface area contributed by atoms with Gasteiger partial charge in [-0.25, -0.2) is 0 Å². The monoisotopic (exact) mass is 426 g/mol. The molecular formula is C24H27ClN2O3. The van der Waals surface area contributed by atoms with Gasteiger partial charge >= 0.3 is 0 Å². The lowest BCUT2D eigenvalue weighted by Gasteiger charge is -2.26. The van der Waals surface area contributed by atoms with E-state index < -0.39 is 0 Å². The van der Waals surface area contributed by atoms with E-state index in [0.717, 1.165) is 36.4 Å². The third-order valence-electron chi connectivity index (χ3n) is 5.55. The Morgan fingerprint density at radius 1 is 0.967 bits per heavy atom. The summed E-state index contributed by atoms with van der Waals surface area (Å²) in [6, 6.07) is 15.0. The van der Waals surface area contributed by atoms with Gasteiger partial charge in [0.05, 0.1) is 12.8 Å². The number of ether oxygens (including phenoxy) is 2. The highest BCUT2D eigenvalue weighted by Crippen LogP contribution is 2.36. The topological polar surface area (TPSA) is 46.9 Å². The molecule has 6 heteroatoms. The zero-order valence-electron chi connectivity index (χ0n) is 17.2. The molecule has 0 saturated carbocycles. The fourth-order valence-electron chi connectivity index (χ4n) is 3.88. The molecule has 0 unspecified atom stereocenters. The van der Waals surface area contributed by atoms with Gasteiger partial charge in [0.2, 0.25) is 5.88 Å². The van der Waals surface area contributed by atoms with Gasteiger partial charge in [0, 0.05) is 29.4 Å². The lowest BCUT2D eigenvalue weighted by Crippen LogP contribution is -2.33. The second-order valence-electron chi connectivity index (χ2n) is 7.52. The molecule has 1 saturated heterocycles. The molecule has 0 radical (unpaired) electrons. The van der Waals surface area contributed by atoms with Gasteiger partial charge in [0.25, 0.3) is 0 Å². The average Bonchev–Trinajstić information content (AvgIpc) is 3.16. The first-order valence-corrected chi connectivity index (χ1v) is 10.7. The minimum absolute atomic E-state index is 0.168. The molecule has 0 aliphatic carbocycles. The molecule has 0 amide bonds. The molecule has 2 aromatic carbocycles. The number of hydrogen-bond donors (Lipinski definition) is 1. The van der Waals surface area contributed by atoms with Gasteiger partial charge in [-0.2, -0.15) is 0 Å². The predicted molar refractivity (Wildman–Crippen MR) is 120 cm³/mol. The minimum Gasteiger partial charge on any atom is -0.494 e. The Kier molecular flexibility index (Phi) is 6.50. The summed E-state index contributed by atoms with van der Waals surface area (Å²) in [7, 11) is 1.64. The van der Waals surface area contributed by atoms with Crippen LogP contribution in [0.1, 0.15) is 19.3 Å². The highest BCUT2D eigenvalue weighted by Gasteiger charge is 2.15. The molecule has 5 nitrogen and oxygen atoms in total. The Balaban J connectivity index is 1.53. The Morgan fingerprint density at radius 3 is 2.47 bits per heavy atom. The zero-order valence-corrected chi connectivity index (χ0v) is 17.9. The van der Waals surface area contributed by atoms with Crippen LogP contribution < -0.4 is 9.47 Å². The molecular weight excluding hydrogens is 400 g/mol. The van der Waals surface area contributed by atoms with E-state index in [9.17, 15) is 5.11 Å². The zero-order chi connectivity index (χ0) is 20.9. The van der Waals surface area contributed by atoms with Crippen molar-refractivity contribution in [2.75, 3.05) is 33.4 Å². The van der Waals surface area contributed by atoms with E-state index in [-0.39, 0.29) is 5.88 Å². The average molecular weight is 427 g/mol.